The maximum Gasteiger partial charge on any atom is 0.415 e. The van der Waals surface area contributed by atoms with Crippen LogP contribution in [0, 0.1) is 6.07 Å². The Bertz CT molecular complexity index is 1760. The summed E-state index contributed by atoms with van der Waals surface area (Å²) in [6.45, 7) is 0. The summed E-state index contributed by atoms with van der Waals surface area (Å²) in [5.41, 5.74) is 3.38. The molecule has 2 aromatic heterocycles. The van der Waals surface area contributed by atoms with Gasteiger partial charge in [0.2, 0.25) is 5.89 Å². The number of phenols is 1. The number of benzene rings is 4. The van der Waals surface area contributed by atoms with Gasteiger partial charge >= 0.3 is 6.18 Å². The predicted octanol–water partition coefficient (Wildman–Crippen LogP) is 7.90. The third-order valence-corrected chi connectivity index (χ3v) is 5.96. The zero-order chi connectivity index (χ0) is 24.9. The Hall–Kier alpha value is -3.96. The van der Waals surface area contributed by atoms with Crippen LogP contribution in [0.2, 0.25) is 0 Å². The molecule has 0 unspecified atom stereocenters. The zero-order valence-corrected chi connectivity index (χ0v) is 21.1. The number of oxazole rings is 1. The first-order valence-corrected chi connectivity index (χ1v) is 11.1. The van der Waals surface area contributed by atoms with Crippen LogP contribution in [0.15, 0.2) is 95.5 Å². The molecule has 0 fully saturated rings. The quantitative estimate of drug-likeness (QED) is 0.194. The Morgan fingerprint density at radius 1 is 0.757 bits per heavy atom. The van der Waals surface area contributed by atoms with Crippen LogP contribution in [-0.4, -0.2) is 15.1 Å². The second kappa shape index (κ2) is 9.49. The van der Waals surface area contributed by atoms with Gasteiger partial charge in [-0.05, 0) is 35.7 Å². The third-order valence-electron chi connectivity index (χ3n) is 5.96. The molecule has 1 N–H and O–H groups in total. The van der Waals surface area contributed by atoms with Crippen molar-refractivity contribution in [3.05, 3.63) is 103 Å². The summed E-state index contributed by atoms with van der Waals surface area (Å²) >= 11 is 0. The molecule has 0 saturated carbocycles. The first kappa shape index (κ1) is 24.7. The summed E-state index contributed by atoms with van der Waals surface area (Å²) in [7, 11) is 0. The number of phenolic OH excluding ortho intramolecular Hbond substituents is 1. The van der Waals surface area contributed by atoms with Crippen LogP contribution in [0.4, 0.5) is 13.2 Å². The van der Waals surface area contributed by atoms with Gasteiger partial charge < -0.3 is 9.52 Å². The average Bonchev–Trinajstić information content (AvgIpc) is 3.32. The maximum absolute atomic E-state index is 13.6. The number of fused-ring (bicyclic) bond motifs is 2. The maximum atomic E-state index is 13.6. The van der Waals surface area contributed by atoms with E-state index in [0.717, 1.165) is 12.1 Å². The number of hydrogen-bond acceptors (Lipinski definition) is 4. The minimum Gasteiger partial charge on any atom is -0.507 e. The summed E-state index contributed by atoms with van der Waals surface area (Å²) in [6.07, 6.45) is -2.94. The van der Waals surface area contributed by atoms with Crippen LogP contribution in [-0.2, 0) is 27.2 Å². The van der Waals surface area contributed by atoms with Gasteiger partial charge in [0, 0.05) is 38.3 Å². The van der Waals surface area contributed by atoms with E-state index in [2.05, 4.69) is 16.0 Å². The number of nitrogens with zero attached hydrogens (tertiary/aromatic N) is 2. The fourth-order valence-electron chi connectivity index (χ4n) is 4.28. The molecule has 0 aliphatic rings. The van der Waals surface area contributed by atoms with Crippen molar-refractivity contribution in [1.29, 1.82) is 0 Å². The number of aromatic hydroxyl groups is 1. The number of alkyl halides is 3. The van der Waals surface area contributed by atoms with E-state index in [1.165, 1.54) is 0 Å². The summed E-state index contributed by atoms with van der Waals surface area (Å²) in [5, 5.41) is 10.6. The fourth-order valence-corrected chi connectivity index (χ4v) is 4.28. The minimum atomic E-state index is -4.50. The molecule has 0 radical (unpaired) electrons. The Morgan fingerprint density at radius 2 is 1.49 bits per heavy atom. The van der Waals surface area contributed by atoms with E-state index in [9.17, 15) is 18.3 Å². The van der Waals surface area contributed by atoms with Crippen LogP contribution in [0.25, 0.3) is 55.7 Å². The molecule has 8 heteroatoms. The van der Waals surface area contributed by atoms with Gasteiger partial charge in [0.1, 0.15) is 11.3 Å². The largest absolute Gasteiger partial charge is 0.507 e. The molecule has 6 aromatic rings. The summed E-state index contributed by atoms with van der Waals surface area (Å²) < 4.78 is 46.8. The number of rotatable bonds is 3. The summed E-state index contributed by atoms with van der Waals surface area (Å²) in [5.74, 6) is 0.308. The molecule has 186 valence electrons. The summed E-state index contributed by atoms with van der Waals surface area (Å²) in [4.78, 5) is 8.95. The van der Waals surface area contributed by atoms with Crippen molar-refractivity contribution in [3.63, 3.8) is 0 Å². The molecule has 4 nitrogen and oxygen atoms in total. The number of hydrogen-bond donors (Lipinski definition) is 1. The van der Waals surface area contributed by atoms with Gasteiger partial charge in [0.05, 0.1) is 11.1 Å². The molecule has 6 rings (SSSR count). The van der Waals surface area contributed by atoms with E-state index < -0.39 is 11.7 Å². The minimum absolute atomic E-state index is 0. The molecule has 2 heterocycles. The Morgan fingerprint density at radius 3 is 2.27 bits per heavy atom. The first-order chi connectivity index (χ1) is 17.4. The van der Waals surface area contributed by atoms with Crippen molar-refractivity contribution >= 4 is 22.0 Å². The van der Waals surface area contributed by atoms with Crippen LogP contribution in [0.3, 0.4) is 0 Å². The van der Waals surface area contributed by atoms with Crippen molar-refractivity contribution in [2.45, 2.75) is 6.18 Å². The molecule has 0 amide bonds. The van der Waals surface area contributed by atoms with Crippen molar-refractivity contribution in [1.82, 2.24) is 9.97 Å². The van der Waals surface area contributed by atoms with E-state index in [-0.39, 0.29) is 32.7 Å². The number of pyridine rings is 1. The molecule has 0 aliphatic heterocycles. The Kier molecular flexibility index (Phi) is 6.34. The molecule has 0 saturated heterocycles. The number of para-hydroxylation sites is 2. The van der Waals surface area contributed by atoms with Crippen molar-refractivity contribution < 1.29 is 43.8 Å². The molecular formula is C29H16F3N2O2Pt-. The van der Waals surface area contributed by atoms with Crippen LogP contribution in [0.1, 0.15) is 5.56 Å². The van der Waals surface area contributed by atoms with Gasteiger partial charge in [-0.15, -0.1) is 35.4 Å². The second-order valence-corrected chi connectivity index (χ2v) is 8.26. The summed E-state index contributed by atoms with van der Waals surface area (Å²) in [6, 6.07) is 26.1. The average molecular weight is 677 g/mol. The van der Waals surface area contributed by atoms with Gasteiger partial charge in [-0.2, -0.15) is 13.2 Å². The van der Waals surface area contributed by atoms with Crippen molar-refractivity contribution in [3.8, 4) is 39.5 Å². The van der Waals surface area contributed by atoms with Gasteiger partial charge in [-0.25, -0.2) is 4.98 Å². The van der Waals surface area contributed by atoms with Crippen molar-refractivity contribution in [2.75, 3.05) is 0 Å². The van der Waals surface area contributed by atoms with Gasteiger partial charge in [-0.1, -0.05) is 47.5 Å². The normalized spacial score (nSPS) is 11.5. The SMILES string of the molecule is Oc1ccccc1-c1nc2c(-c3[c-]c(-c4cc(C(F)(F)F)cc5cccnc45)ccc3)cccc2o1.[Pt]. The standard InChI is InChI=1S/C29H16F3N2O2.Pt/c30-29(31,32)20-15-19-8-5-13-33-26(19)23(16-20)18-7-3-6-17(14-18)21-10-4-12-25-27(21)34-28(36-25)22-9-1-2-11-24(22)35;/h1-13,15-16,35H;/q-1;. The van der Waals surface area contributed by atoms with Crippen LogP contribution >= 0.6 is 0 Å². The molecular weight excluding hydrogens is 660 g/mol. The predicted molar refractivity (Wildman–Crippen MR) is 131 cm³/mol. The fraction of sp³-hybridized carbons (Fsp3) is 0.0345. The Balaban J connectivity index is 0.00000280. The van der Waals surface area contributed by atoms with Crippen LogP contribution in [0.5, 0.6) is 5.75 Å². The van der Waals surface area contributed by atoms with E-state index in [1.54, 1.807) is 66.9 Å². The number of aromatic nitrogens is 2. The molecule has 4 aromatic carbocycles. The zero-order valence-electron chi connectivity index (χ0n) is 18.9. The topological polar surface area (TPSA) is 59.2 Å². The van der Waals surface area contributed by atoms with Gasteiger partial charge in [0.25, 0.3) is 0 Å². The smallest absolute Gasteiger partial charge is 0.415 e. The first-order valence-electron chi connectivity index (χ1n) is 11.1. The number of halogens is 3. The van der Waals surface area contributed by atoms with Crippen LogP contribution < -0.4 is 0 Å². The molecule has 37 heavy (non-hydrogen) atoms. The second-order valence-electron chi connectivity index (χ2n) is 8.26. The van der Waals surface area contributed by atoms with E-state index >= 15 is 0 Å². The van der Waals surface area contributed by atoms with Gasteiger partial charge in [-0.3, -0.25) is 4.98 Å². The molecule has 0 aliphatic carbocycles. The van der Waals surface area contributed by atoms with Crippen molar-refractivity contribution in [2.24, 2.45) is 0 Å². The molecule has 0 atom stereocenters. The van der Waals surface area contributed by atoms with Gasteiger partial charge in [0.15, 0.2) is 0 Å². The monoisotopic (exact) mass is 676 g/mol. The van der Waals surface area contributed by atoms with E-state index in [4.69, 9.17) is 4.42 Å². The van der Waals surface area contributed by atoms with E-state index in [1.807, 2.05) is 12.1 Å². The molecule has 0 spiro atoms. The molecule has 0 bridgehead atoms. The third kappa shape index (κ3) is 4.51. The Labute approximate surface area is 223 Å². The van der Waals surface area contributed by atoms with E-state index in [0.29, 0.717) is 49.8 Å².